The lowest BCUT2D eigenvalue weighted by Gasteiger charge is -2.12. The predicted molar refractivity (Wildman–Crippen MR) is 210 cm³/mol. The number of fused-ring (bicyclic) bond motifs is 8. The van der Waals surface area contributed by atoms with Crippen molar-refractivity contribution in [3.05, 3.63) is 168 Å². The summed E-state index contributed by atoms with van der Waals surface area (Å²) >= 11 is 0. The Kier molecular flexibility index (Phi) is 7.21. The van der Waals surface area contributed by atoms with Crippen LogP contribution in [-0.4, -0.2) is 19.1 Å². The minimum Gasteiger partial charge on any atom is -0.343 e. The van der Waals surface area contributed by atoms with Crippen molar-refractivity contribution in [3.63, 3.8) is 0 Å². The molecular weight excluding hydrogens is 609 g/mol. The predicted octanol–water partition coefficient (Wildman–Crippen LogP) is 11.3. The third kappa shape index (κ3) is 4.92. The first-order valence-electron chi connectivity index (χ1n) is 17.0. The van der Waals surface area contributed by atoms with Crippen molar-refractivity contribution in [2.24, 2.45) is 14.1 Å². The van der Waals surface area contributed by atoms with Gasteiger partial charge in [-0.2, -0.15) is 0 Å². The van der Waals surface area contributed by atoms with Gasteiger partial charge in [0.1, 0.15) is 0 Å². The van der Waals surface area contributed by atoms with E-state index >= 15 is 0 Å². The third-order valence-corrected chi connectivity index (χ3v) is 9.82. The topological polar surface area (TPSA) is 35.6 Å². The highest BCUT2D eigenvalue weighted by Crippen LogP contribution is 2.39. The van der Waals surface area contributed by atoms with Crippen LogP contribution in [0.5, 0.6) is 0 Å². The van der Waals surface area contributed by atoms with Crippen molar-refractivity contribution in [3.8, 4) is 44.5 Å². The maximum atomic E-state index is 5.40. The highest BCUT2D eigenvalue weighted by Gasteiger charge is 2.20. The number of benzene rings is 4. The number of hydrogen-bond acceptors (Lipinski definition) is 2. The van der Waals surface area contributed by atoms with Gasteiger partial charge in [-0.15, -0.1) is 0 Å². The molecule has 0 unspecified atom stereocenters. The number of aryl methyl sites for hydroxylation is 2. The van der Waals surface area contributed by atoms with E-state index < -0.39 is 0 Å². The van der Waals surface area contributed by atoms with Gasteiger partial charge in [-0.1, -0.05) is 121 Å². The number of aromatic nitrogens is 4. The molecule has 4 aromatic carbocycles. The lowest BCUT2D eigenvalue weighted by atomic mass is 10.0. The van der Waals surface area contributed by atoms with Crippen molar-refractivity contribution >= 4 is 46.4 Å². The summed E-state index contributed by atoms with van der Waals surface area (Å²) in [5, 5.41) is 0. The van der Waals surface area contributed by atoms with Gasteiger partial charge in [-0.05, 0) is 70.8 Å². The van der Waals surface area contributed by atoms with Crippen molar-refractivity contribution < 1.29 is 0 Å². The number of rotatable bonds is 4. The molecule has 0 fully saturated rings. The first-order chi connectivity index (χ1) is 24.7. The summed E-state index contributed by atoms with van der Waals surface area (Å²) in [6, 6.07) is 51.4. The Morgan fingerprint density at radius 3 is 0.900 bits per heavy atom. The van der Waals surface area contributed by atoms with E-state index in [4.69, 9.17) is 9.97 Å². The average Bonchev–Trinajstić information content (AvgIpc) is 3.98. The van der Waals surface area contributed by atoms with Crippen molar-refractivity contribution in [1.29, 1.82) is 0 Å². The van der Waals surface area contributed by atoms with Crippen LogP contribution in [0.15, 0.2) is 146 Å². The van der Waals surface area contributed by atoms with Gasteiger partial charge in [0, 0.05) is 36.3 Å². The zero-order valence-corrected chi connectivity index (χ0v) is 28.0. The molecule has 9 rings (SSSR count). The fourth-order valence-electron chi connectivity index (χ4n) is 7.44. The summed E-state index contributed by atoms with van der Waals surface area (Å²) in [5.41, 5.74) is 16.9. The minimum absolute atomic E-state index is 0.893. The summed E-state index contributed by atoms with van der Waals surface area (Å²) in [4.78, 5) is 10.8. The first kappa shape index (κ1) is 29.6. The lowest BCUT2D eigenvalue weighted by Crippen LogP contribution is -1.96. The molecule has 3 aromatic heterocycles. The van der Waals surface area contributed by atoms with E-state index in [1.165, 1.54) is 0 Å². The Hall–Kier alpha value is -6.52. The van der Waals surface area contributed by atoms with Gasteiger partial charge in [0.25, 0.3) is 0 Å². The summed E-state index contributed by atoms with van der Waals surface area (Å²) in [6.45, 7) is 0. The van der Waals surface area contributed by atoms with Crippen LogP contribution in [0.3, 0.4) is 0 Å². The molecule has 0 amide bonds. The quantitative estimate of drug-likeness (QED) is 0.191. The molecule has 0 radical (unpaired) electrons. The van der Waals surface area contributed by atoms with Crippen molar-refractivity contribution in [2.75, 3.05) is 0 Å². The second kappa shape index (κ2) is 12.2. The van der Waals surface area contributed by atoms with E-state index in [-0.39, 0.29) is 0 Å². The molecule has 4 heteroatoms. The third-order valence-electron chi connectivity index (χ3n) is 9.82. The van der Waals surface area contributed by atoms with E-state index in [0.717, 1.165) is 89.4 Å². The molecule has 2 aliphatic rings. The molecular formula is C46H34N4. The van der Waals surface area contributed by atoms with Crippen LogP contribution in [0.4, 0.5) is 0 Å². The van der Waals surface area contributed by atoms with Crippen LogP contribution in [0.1, 0.15) is 22.8 Å². The Balaban J connectivity index is 1.53. The first-order valence-corrected chi connectivity index (χ1v) is 17.0. The Morgan fingerprint density at radius 1 is 0.300 bits per heavy atom. The van der Waals surface area contributed by atoms with Gasteiger partial charge >= 0.3 is 0 Å². The fourth-order valence-corrected chi connectivity index (χ4v) is 7.44. The normalized spacial score (nSPS) is 12.0. The highest BCUT2D eigenvalue weighted by atomic mass is 15.0. The molecule has 4 nitrogen and oxygen atoms in total. The molecule has 5 heterocycles. The van der Waals surface area contributed by atoms with Gasteiger partial charge in [0.05, 0.1) is 44.8 Å². The zero-order valence-electron chi connectivity index (χ0n) is 28.0. The summed E-state index contributed by atoms with van der Waals surface area (Å²) < 4.78 is 4.65. The van der Waals surface area contributed by atoms with Gasteiger partial charge in [0.2, 0.25) is 0 Å². The second-order valence-electron chi connectivity index (χ2n) is 12.7. The van der Waals surface area contributed by atoms with Crippen molar-refractivity contribution in [1.82, 2.24) is 19.1 Å². The summed E-state index contributed by atoms with van der Waals surface area (Å²) in [5.74, 6) is 0. The largest absolute Gasteiger partial charge is 0.343 e. The van der Waals surface area contributed by atoms with Crippen LogP contribution in [0.2, 0.25) is 0 Å². The van der Waals surface area contributed by atoms with Gasteiger partial charge < -0.3 is 9.13 Å². The van der Waals surface area contributed by atoms with Gasteiger partial charge in [-0.25, -0.2) is 9.97 Å². The molecule has 2 aliphatic heterocycles. The lowest BCUT2D eigenvalue weighted by molar-refractivity contribution is 1.000. The zero-order chi connectivity index (χ0) is 33.6. The van der Waals surface area contributed by atoms with Crippen LogP contribution in [0, 0.1) is 0 Å². The smallest absolute Gasteiger partial charge is 0.0738 e. The number of nitrogens with zero attached hydrogens (tertiary/aromatic N) is 4. The second-order valence-corrected chi connectivity index (χ2v) is 12.7. The van der Waals surface area contributed by atoms with E-state index in [9.17, 15) is 0 Å². The molecule has 0 saturated heterocycles. The molecule has 0 saturated carbocycles. The van der Waals surface area contributed by atoms with Gasteiger partial charge in [-0.3, -0.25) is 0 Å². The standard InChI is InChI=1S/C46H34N4/c1-49-39-27-29-41(49)46(34-21-13-6-14-22-34)42-30-28-40(50(42)2)45(33-19-11-5-12-20-33)38-26-24-36(48-38)43(31-15-7-3-8-16-31)35-23-25-37(47-35)44(39)32-17-9-4-10-18-32/h3-30H,1-2H3. The molecule has 8 bridgehead atoms. The van der Waals surface area contributed by atoms with Crippen molar-refractivity contribution in [2.45, 2.75) is 0 Å². The number of hydrogen-bond donors (Lipinski definition) is 0. The molecule has 0 N–H and O–H groups in total. The Bertz CT molecular complexity index is 2480. The van der Waals surface area contributed by atoms with E-state index in [1.54, 1.807) is 0 Å². The SMILES string of the molecule is Cn1c2ccc1c(-c1ccccc1)c1ccc(c(-c3ccccc3)c3nc(c(-c4ccccc4)c4nc(c2-c2ccccc2)C=C4)C=C3)n1C. The maximum absolute atomic E-state index is 5.40. The van der Waals surface area contributed by atoms with Crippen LogP contribution in [-0.2, 0) is 14.1 Å². The van der Waals surface area contributed by atoms with Gasteiger partial charge in [0.15, 0.2) is 0 Å². The molecule has 0 aliphatic carbocycles. The summed E-state index contributed by atoms with van der Waals surface area (Å²) in [6.07, 6.45) is 8.59. The van der Waals surface area contributed by atoms with Crippen LogP contribution < -0.4 is 0 Å². The van der Waals surface area contributed by atoms with Crippen LogP contribution >= 0.6 is 0 Å². The maximum Gasteiger partial charge on any atom is 0.0738 e. The Morgan fingerprint density at radius 2 is 0.560 bits per heavy atom. The molecule has 0 spiro atoms. The summed E-state index contributed by atoms with van der Waals surface area (Å²) in [7, 11) is 4.34. The molecule has 50 heavy (non-hydrogen) atoms. The van der Waals surface area contributed by atoms with Crippen LogP contribution in [0.25, 0.3) is 90.9 Å². The molecule has 238 valence electrons. The molecule has 0 atom stereocenters. The van der Waals surface area contributed by atoms with E-state index in [2.05, 4.69) is 193 Å². The molecule has 7 aromatic rings. The average molecular weight is 643 g/mol. The fraction of sp³-hybridized carbons (Fsp3) is 0.0435. The van der Waals surface area contributed by atoms with E-state index in [1.807, 2.05) is 0 Å². The highest BCUT2D eigenvalue weighted by molar-refractivity contribution is 6.01. The van der Waals surface area contributed by atoms with E-state index in [0.29, 0.717) is 0 Å². The monoisotopic (exact) mass is 642 g/mol. The minimum atomic E-state index is 0.893. The Labute approximate surface area is 291 Å².